The van der Waals surface area contributed by atoms with Crippen LogP contribution in [0.25, 0.3) is 0 Å². The first-order valence-corrected chi connectivity index (χ1v) is 7.44. The molecule has 128 valence electrons. The van der Waals surface area contributed by atoms with Crippen molar-refractivity contribution in [2.75, 3.05) is 26.2 Å². The highest BCUT2D eigenvalue weighted by atomic mass is 19.4. The van der Waals surface area contributed by atoms with Crippen LogP contribution in [-0.2, 0) is 4.79 Å². The van der Waals surface area contributed by atoms with Gasteiger partial charge in [0.05, 0.1) is 6.54 Å². The average molecular weight is 323 g/mol. The van der Waals surface area contributed by atoms with Crippen LogP contribution in [0.4, 0.5) is 18.0 Å². The molecule has 0 aromatic carbocycles. The lowest BCUT2D eigenvalue weighted by atomic mass is 9.88. The fourth-order valence-electron chi connectivity index (χ4n) is 2.36. The number of imide groups is 1. The molecule has 1 fully saturated rings. The van der Waals surface area contributed by atoms with Gasteiger partial charge in [-0.3, -0.25) is 14.6 Å². The Kier molecular flexibility index (Phi) is 5.83. The molecule has 0 aromatic heterocycles. The number of nitrogens with zero attached hydrogens (tertiary/aromatic N) is 2. The Labute approximate surface area is 128 Å². The molecule has 0 aromatic rings. The molecule has 0 saturated carbocycles. The molecule has 0 aliphatic carbocycles. The Morgan fingerprint density at radius 1 is 1.32 bits per heavy atom. The first-order valence-electron chi connectivity index (χ1n) is 7.44. The van der Waals surface area contributed by atoms with Crippen molar-refractivity contribution in [1.29, 1.82) is 0 Å². The maximum atomic E-state index is 12.4. The SMILES string of the molecule is CCN(CCCN1C(=O)N[C@@](C)(C(C)C)C1=O)CC(F)(F)F. The Balaban J connectivity index is 2.55. The van der Waals surface area contributed by atoms with Gasteiger partial charge in [0.25, 0.3) is 5.91 Å². The summed E-state index contributed by atoms with van der Waals surface area (Å²) in [6, 6.07) is -0.472. The van der Waals surface area contributed by atoms with E-state index in [-0.39, 0.29) is 31.5 Å². The van der Waals surface area contributed by atoms with E-state index in [9.17, 15) is 22.8 Å². The molecule has 3 amide bonds. The summed E-state index contributed by atoms with van der Waals surface area (Å²) in [5.74, 6) is -0.377. The van der Waals surface area contributed by atoms with E-state index in [2.05, 4.69) is 5.32 Å². The standard InChI is InChI=1S/C14H24F3N3O2/c1-5-19(9-14(15,16)17)7-6-8-20-11(21)13(4,10(2)3)18-12(20)22/h10H,5-9H2,1-4H3,(H,18,22)/t13-/m0/s1. The van der Waals surface area contributed by atoms with Gasteiger partial charge in [0, 0.05) is 13.1 Å². The number of halogens is 3. The minimum absolute atomic E-state index is 0.0636. The highest BCUT2D eigenvalue weighted by Crippen LogP contribution is 2.25. The summed E-state index contributed by atoms with van der Waals surface area (Å²) < 4.78 is 37.1. The number of carbonyl (C=O) groups excluding carboxylic acids is 2. The average Bonchev–Trinajstić information content (AvgIpc) is 2.60. The maximum absolute atomic E-state index is 12.4. The summed E-state index contributed by atoms with van der Waals surface area (Å²) in [7, 11) is 0. The van der Waals surface area contributed by atoms with Gasteiger partial charge in [-0.2, -0.15) is 13.2 Å². The number of nitrogens with one attached hydrogen (secondary N) is 1. The van der Waals surface area contributed by atoms with Crippen LogP contribution in [0, 0.1) is 5.92 Å². The lowest BCUT2D eigenvalue weighted by Crippen LogP contribution is -2.48. The third-order valence-corrected chi connectivity index (χ3v) is 4.16. The van der Waals surface area contributed by atoms with Crippen LogP contribution in [-0.4, -0.2) is 59.6 Å². The molecule has 1 aliphatic rings. The van der Waals surface area contributed by atoms with E-state index >= 15 is 0 Å². The second kappa shape index (κ2) is 6.85. The number of hydrogen-bond donors (Lipinski definition) is 1. The summed E-state index contributed by atoms with van der Waals surface area (Å²) in [5.41, 5.74) is -0.937. The largest absolute Gasteiger partial charge is 0.401 e. The first-order chi connectivity index (χ1) is 10.0. The number of alkyl halides is 3. The van der Waals surface area contributed by atoms with Crippen molar-refractivity contribution in [2.24, 2.45) is 5.92 Å². The Morgan fingerprint density at radius 3 is 2.32 bits per heavy atom. The van der Waals surface area contributed by atoms with Crippen LogP contribution in [0.15, 0.2) is 0 Å². The van der Waals surface area contributed by atoms with Gasteiger partial charge >= 0.3 is 12.2 Å². The maximum Gasteiger partial charge on any atom is 0.401 e. The van der Waals surface area contributed by atoms with Crippen molar-refractivity contribution in [2.45, 2.75) is 45.8 Å². The minimum Gasteiger partial charge on any atom is -0.323 e. The van der Waals surface area contributed by atoms with Gasteiger partial charge in [0.15, 0.2) is 0 Å². The number of rotatable bonds is 7. The molecule has 1 rings (SSSR count). The van der Waals surface area contributed by atoms with Gasteiger partial charge in [-0.15, -0.1) is 0 Å². The van der Waals surface area contributed by atoms with E-state index in [0.717, 1.165) is 4.90 Å². The van der Waals surface area contributed by atoms with Crippen molar-refractivity contribution < 1.29 is 22.8 Å². The summed E-state index contributed by atoms with van der Waals surface area (Å²) in [5, 5.41) is 2.66. The van der Waals surface area contributed by atoms with Crippen molar-refractivity contribution in [3.63, 3.8) is 0 Å². The van der Waals surface area contributed by atoms with Gasteiger partial charge in [-0.05, 0) is 25.8 Å². The van der Waals surface area contributed by atoms with Crippen LogP contribution in [0.5, 0.6) is 0 Å². The van der Waals surface area contributed by atoms with Gasteiger partial charge in [-0.1, -0.05) is 20.8 Å². The Hall–Kier alpha value is -1.31. The van der Waals surface area contributed by atoms with Crippen molar-refractivity contribution in [1.82, 2.24) is 15.1 Å². The third-order valence-electron chi connectivity index (χ3n) is 4.16. The molecular formula is C14H24F3N3O2. The number of amides is 3. The van der Waals surface area contributed by atoms with Crippen LogP contribution in [0.3, 0.4) is 0 Å². The van der Waals surface area contributed by atoms with E-state index < -0.39 is 24.3 Å². The molecule has 22 heavy (non-hydrogen) atoms. The Morgan fingerprint density at radius 2 is 1.91 bits per heavy atom. The second-order valence-electron chi connectivity index (χ2n) is 6.08. The van der Waals surface area contributed by atoms with Crippen molar-refractivity contribution >= 4 is 11.9 Å². The monoisotopic (exact) mass is 323 g/mol. The topological polar surface area (TPSA) is 52.6 Å². The highest BCUT2D eigenvalue weighted by Gasteiger charge is 2.49. The second-order valence-corrected chi connectivity index (χ2v) is 6.08. The summed E-state index contributed by atoms with van der Waals surface area (Å²) in [4.78, 5) is 26.5. The first kappa shape index (κ1) is 18.7. The molecule has 0 bridgehead atoms. The van der Waals surface area contributed by atoms with E-state index in [1.165, 1.54) is 4.90 Å². The molecule has 1 heterocycles. The molecule has 1 aliphatic heterocycles. The molecule has 0 radical (unpaired) electrons. The quantitative estimate of drug-likeness (QED) is 0.731. The van der Waals surface area contributed by atoms with Gasteiger partial charge < -0.3 is 5.32 Å². The molecule has 5 nitrogen and oxygen atoms in total. The third kappa shape index (κ3) is 4.34. The molecule has 8 heteroatoms. The van der Waals surface area contributed by atoms with E-state index in [4.69, 9.17) is 0 Å². The zero-order chi connectivity index (χ0) is 17.1. The highest BCUT2D eigenvalue weighted by molar-refractivity contribution is 6.06. The summed E-state index contributed by atoms with van der Waals surface area (Å²) >= 11 is 0. The van der Waals surface area contributed by atoms with Crippen molar-refractivity contribution in [3.8, 4) is 0 Å². The fraction of sp³-hybridized carbons (Fsp3) is 0.857. The predicted molar refractivity (Wildman–Crippen MR) is 76.3 cm³/mol. The van der Waals surface area contributed by atoms with Gasteiger partial charge in [0.1, 0.15) is 5.54 Å². The number of urea groups is 1. The van der Waals surface area contributed by atoms with E-state index in [1.54, 1.807) is 13.8 Å². The van der Waals surface area contributed by atoms with Crippen LogP contribution in [0.2, 0.25) is 0 Å². The number of carbonyl (C=O) groups is 2. The summed E-state index contributed by atoms with van der Waals surface area (Å²) in [6.07, 6.45) is -3.93. The lowest BCUT2D eigenvalue weighted by Gasteiger charge is -2.26. The molecule has 1 N–H and O–H groups in total. The Bertz CT molecular complexity index is 426. The zero-order valence-corrected chi connectivity index (χ0v) is 13.5. The minimum atomic E-state index is -4.24. The van der Waals surface area contributed by atoms with Gasteiger partial charge in [0.2, 0.25) is 0 Å². The summed E-state index contributed by atoms with van der Waals surface area (Å²) in [6.45, 7) is 6.59. The van der Waals surface area contributed by atoms with Gasteiger partial charge in [-0.25, -0.2) is 4.79 Å². The van der Waals surface area contributed by atoms with Crippen LogP contribution < -0.4 is 5.32 Å². The molecule has 1 saturated heterocycles. The van der Waals surface area contributed by atoms with Crippen LogP contribution in [0.1, 0.15) is 34.1 Å². The van der Waals surface area contributed by atoms with E-state index in [1.807, 2.05) is 13.8 Å². The predicted octanol–water partition coefficient (Wildman–Crippen LogP) is 2.23. The number of hydrogen-bond acceptors (Lipinski definition) is 3. The zero-order valence-electron chi connectivity index (χ0n) is 13.5. The van der Waals surface area contributed by atoms with E-state index in [0.29, 0.717) is 6.42 Å². The normalized spacial score (nSPS) is 22.9. The lowest BCUT2D eigenvalue weighted by molar-refractivity contribution is -0.146. The molecular weight excluding hydrogens is 299 g/mol. The van der Waals surface area contributed by atoms with Crippen molar-refractivity contribution in [3.05, 3.63) is 0 Å². The molecule has 0 spiro atoms. The van der Waals surface area contributed by atoms with Crippen LogP contribution >= 0.6 is 0 Å². The fourth-order valence-corrected chi connectivity index (χ4v) is 2.36. The molecule has 0 unspecified atom stereocenters. The molecule has 1 atom stereocenters. The smallest absolute Gasteiger partial charge is 0.323 e.